The van der Waals surface area contributed by atoms with E-state index in [1.54, 1.807) is 0 Å². The number of anilines is 2. The highest BCUT2D eigenvalue weighted by Crippen LogP contribution is 2.24. The van der Waals surface area contributed by atoms with Gasteiger partial charge in [0.05, 0.1) is 12.2 Å². The van der Waals surface area contributed by atoms with Crippen molar-refractivity contribution in [3.63, 3.8) is 0 Å². The molecule has 0 saturated heterocycles. The van der Waals surface area contributed by atoms with Gasteiger partial charge in [-0.1, -0.05) is 19.1 Å². The van der Waals surface area contributed by atoms with E-state index in [1.165, 1.54) is 0 Å². The summed E-state index contributed by atoms with van der Waals surface area (Å²) in [6.07, 6.45) is 0.471. The molecular formula is C16H18BrN3O. The topological polar surface area (TPSA) is 54.0 Å². The van der Waals surface area contributed by atoms with Gasteiger partial charge in [-0.05, 0) is 52.7 Å². The zero-order valence-electron chi connectivity index (χ0n) is 12.1. The van der Waals surface area contributed by atoms with Gasteiger partial charge in [-0.25, -0.2) is 4.98 Å². The molecule has 0 aliphatic heterocycles. The number of nitrogens with one attached hydrogen (secondary N) is 2. The van der Waals surface area contributed by atoms with Gasteiger partial charge in [0, 0.05) is 17.8 Å². The van der Waals surface area contributed by atoms with Crippen LogP contribution in [0.5, 0.6) is 0 Å². The number of hydrogen-bond acceptors (Lipinski definition) is 3. The standard InChI is InChI=1S/C16H18BrN3O/c1-3-16(21)20-14-8-5-7-13(11(14)2)18-10-12-6-4-9-15(17)19-12/h4-9,18H,3,10H2,1-2H3,(H,20,21). The van der Waals surface area contributed by atoms with Crippen molar-refractivity contribution in [1.29, 1.82) is 0 Å². The molecule has 2 rings (SSSR count). The van der Waals surface area contributed by atoms with E-state index in [4.69, 9.17) is 0 Å². The number of aromatic nitrogens is 1. The van der Waals surface area contributed by atoms with E-state index in [1.807, 2.05) is 50.2 Å². The van der Waals surface area contributed by atoms with Crippen LogP contribution in [0.2, 0.25) is 0 Å². The number of nitrogens with zero attached hydrogens (tertiary/aromatic N) is 1. The molecular weight excluding hydrogens is 330 g/mol. The monoisotopic (exact) mass is 347 g/mol. The summed E-state index contributed by atoms with van der Waals surface area (Å²) in [5.74, 6) is 0.0175. The molecule has 4 nitrogen and oxygen atoms in total. The third kappa shape index (κ3) is 4.29. The van der Waals surface area contributed by atoms with Crippen molar-refractivity contribution in [2.75, 3.05) is 10.6 Å². The average molecular weight is 348 g/mol. The predicted octanol–water partition coefficient (Wildman–Crippen LogP) is 4.11. The van der Waals surface area contributed by atoms with Crippen LogP contribution in [0.25, 0.3) is 0 Å². The zero-order chi connectivity index (χ0) is 15.2. The second kappa shape index (κ2) is 7.22. The Morgan fingerprint density at radius 3 is 2.62 bits per heavy atom. The molecule has 0 radical (unpaired) electrons. The minimum atomic E-state index is 0.0175. The van der Waals surface area contributed by atoms with E-state index in [2.05, 4.69) is 31.5 Å². The highest BCUT2D eigenvalue weighted by atomic mass is 79.9. The van der Waals surface area contributed by atoms with Gasteiger partial charge in [-0.2, -0.15) is 0 Å². The largest absolute Gasteiger partial charge is 0.379 e. The minimum absolute atomic E-state index is 0.0175. The first-order chi connectivity index (χ1) is 10.1. The SMILES string of the molecule is CCC(=O)Nc1cccc(NCc2cccc(Br)n2)c1C. The van der Waals surface area contributed by atoms with E-state index in [0.29, 0.717) is 13.0 Å². The molecule has 1 amide bonds. The summed E-state index contributed by atoms with van der Waals surface area (Å²) >= 11 is 3.36. The summed E-state index contributed by atoms with van der Waals surface area (Å²) in [5, 5.41) is 6.26. The fraction of sp³-hybridized carbons (Fsp3) is 0.250. The van der Waals surface area contributed by atoms with E-state index in [-0.39, 0.29) is 5.91 Å². The number of pyridine rings is 1. The quantitative estimate of drug-likeness (QED) is 0.800. The maximum atomic E-state index is 11.5. The molecule has 1 heterocycles. The Kier molecular flexibility index (Phi) is 5.33. The molecule has 2 N–H and O–H groups in total. The fourth-order valence-electron chi connectivity index (χ4n) is 1.94. The summed E-state index contributed by atoms with van der Waals surface area (Å²) in [6, 6.07) is 11.7. The fourth-order valence-corrected chi connectivity index (χ4v) is 2.32. The van der Waals surface area contributed by atoms with Crippen LogP contribution in [-0.2, 0) is 11.3 Å². The van der Waals surface area contributed by atoms with Gasteiger partial charge < -0.3 is 10.6 Å². The van der Waals surface area contributed by atoms with E-state index >= 15 is 0 Å². The molecule has 21 heavy (non-hydrogen) atoms. The van der Waals surface area contributed by atoms with Gasteiger partial charge in [-0.3, -0.25) is 4.79 Å². The lowest BCUT2D eigenvalue weighted by molar-refractivity contribution is -0.115. The third-order valence-corrected chi connectivity index (χ3v) is 3.60. The maximum Gasteiger partial charge on any atom is 0.224 e. The van der Waals surface area contributed by atoms with Gasteiger partial charge in [-0.15, -0.1) is 0 Å². The van der Waals surface area contributed by atoms with Crippen molar-refractivity contribution in [2.24, 2.45) is 0 Å². The van der Waals surface area contributed by atoms with Crippen LogP contribution in [0, 0.1) is 6.92 Å². The molecule has 0 spiro atoms. The summed E-state index contributed by atoms with van der Waals surface area (Å²) in [6.45, 7) is 4.46. The van der Waals surface area contributed by atoms with Gasteiger partial charge in [0.25, 0.3) is 0 Å². The van der Waals surface area contributed by atoms with E-state index in [9.17, 15) is 4.79 Å². The van der Waals surface area contributed by atoms with Crippen LogP contribution in [0.15, 0.2) is 41.0 Å². The Labute approximate surface area is 133 Å². The lowest BCUT2D eigenvalue weighted by Gasteiger charge is -2.13. The van der Waals surface area contributed by atoms with Crippen molar-refractivity contribution < 1.29 is 4.79 Å². The first-order valence-corrected chi connectivity index (χ1v) is 7.64. The number of amides is 1. The van der Waals surface area contributed by atoms with Gasteiger partial charge in [0.2, 0.25) is 5.91 Å². The molecule has 1 aromatic heterocycles. The first kappa shape index (κ1) is 15.5. The van der Waals surface area contributed by atoms with Crippen molar-refractivity contribution in [3.05, 3.63) is 52.3 Å². The molecule has 1 aromatic carbocycles. The zero-order valence-corrected chi connectivity index (χ0v) is 13.7. The highest BCUT2D eigenvalue weighted by Gasteiger charge is 2.06. The minimum Gasteiger partial charge on any atom is -0.379 e. The Balaban J connectivity index is 2.10. The summed E-state index contributed by atoms with van der Waals surface area (Å²) in [5.41, 5.74) is 3.81. The molecule has 0 fully saturated rings. The van der Waals surface area contributed by atoms with Crippen LogP contribution < -0.4 is 10.6 Å². The lowest BCUT2D eigenvalue weighted by atomic mass is 10.1. The molecule has 5 heteroatoms. The predicted molar refractivity (Wildman–Crippen MR) is 89.4 cm³/mol. The van der Waals surface area contributed by atoms with E-state index in [0.717, 1.165) is 27.2 Å². The molecule has 0 aliphatic carbocycles. The number of halogens is 1. The van der Waals surface area contributed by atoms with Crippen LogP contribution in [-0.4, -0.2) is 10.9 Å². The third-order valence-electron chi connectivity index (χ3n) is 3.16. The average Bonchev–Trinajstić information content (AvgIpc) is 2.48. The number of rotatable bonds is 5. The molecule has 0 aliphatic rings. The Morgan fingerprint density at radius 1 is 1.19 bits per heavy atom. The second-order valence-electron chi connectivity index (χ2n) is 4.69. The molecule has 0 unspecified atom stereocenters. The maximum absolute atomic E-state index is 11.5. The van der Waals surface area contributed by atoms with E-state index < -0.39 is 0 Å². The number of carbonyl (C=O) groups is 1. The number of carbonyl (C=O) groups excluding carboxylic acids is 1. The Morgan fingerprint density at radius 2 is 1.90 bits per heavy atom. The molecule has 110 valence electrons. The van der Waals surface area contributed by atoms with Crippen molar-refractivity contribution in [3.8, 4) is 0 Å². The van der Waals surface area contributed by atoms with Crippen molar-refractivity contribution in [2.45, 2.75) is 26.8 Å². The molecule has 0 saturated carbocycles. The molecule has 0 atom stereocenters. The van der Waals surface area contributed by atoms with Gasteiger partial charge >= 0.3 is 0 Å². The Bertz CT molecular complexity index is 643. The molecule has 2 aromatic rings. The van der Waals surface area contributed by atoms with Gasteiger partial charge in [0.1, 0.15) is 4.60 Å². The second-order valence-corrected chi connectivity index (χ2v) is 5.50. The summed E-state index contributed by atoms with van der Waals surface area (Å²) in [4.78, 5) is 15.9. The van der Waals surface area contributed by atoms with Crippen LogP contribution in [0.3, 0.4) is 0 Å². The summed E-state index contributed by atoms with van der Waals surface area (Å²) < 4.78 is 0.822. The number of hydrogen-bond donors (Lipinski definition) is 2. The van der Waals surface area contributed by atoms with Crippen LogP contribution >= 0.6 is 15.9 Å². The van der Waals surface area contributed by atoms with Crippen molar-refractivity contribution in [1.82, 2.24) is 4.98 Å². The smallest absolute Gasteiger partial charge is 0.224 e. The van der Waals surface area contributed by atoms with Crippen LogP contribution in [0.1, 0.15) is 24.6 Å². The summed E-state index contributed by atoms with van der Waals surface area (Å²) in [7, 11) is 0. The highest BCUT2D eigenvalue weighted by molar-refractivity contribution is 9.10. The molecule has 0 bridgehead atoms. The Hall–Kier alpha value is -1.88. The van der Waals surface area contributed by atoms with Crippen LogP contribution in [0.4, 0.5) is 11.4 Å². The van der Waals surface area contributed by atoms with Gasteiger partial charge in [0.15, 0.2) is 0 Å². The first-order valence-electron chi connectivity index (χ1n) is 6.85. The normalized spacial score (nSPS) is 10.2. The van der Waals surface area contributed by atoms with Crippen molar-refractivity contribution >= 4 is 33.2 Å². The number of benzene rings is 1. The lowest BCUT2D eigenvalue weighted by Crippen LogP contribution is -2.11.